The minimum Gasteiger partial charge on any atom is -0.302 e. The fourth-order valence-corrected chi connectivity index (χ4v) is 4.65. The molecule has 154 valence electrons. The molecule has 1 amide bonds. The molecule has 3 rings (SSSR count). The van der Waals surface area contributed by atoms with Crippen LogP contribution in [0.25, 0.3) is 0 Å². The van der Waals surface area contributed by atoms with Crippen molar-refractivity contribution in [2.75, 3.05) is 18.4 Å². The van der Waals surface area contributed by atoms with Crippen LogP contribution < -0.4 is 5.32 Å². The molecule has 0 radical (unpaired) electrons. The third-order valence-electron chi connectivity index (χ3n) is 5.33. The number of carbonyl (C=O) groups excluding carboxylic acids is 1. The highest BCUT2D eigenvalue weighted by Gasteiger charge is 2.19. The van der Waals surface area contributed by atoms with Gasteiger partial charge in [0.2, 0.25) is 5.91 Å². The molecule has 7 heteroatoms. The van der Waals surface area contributed by atoms with Crippen molar-refractivity contribution in [3.63, 3.8) is 0 Å². The van der Waals surface area contributed by atoms with Gasteiger partial charge in [0.25, 0.3) is 0 Å². The van der Waals surface area contributed by atoms with Gasteiger partial charge in [-0.15, -0.1) is 11.3 Å². The topological polar surface area (TPSA) is 63.1 Å². The zero-order valence-corrected chi connectivity index (χ0v) is 18.6. The summed E-state index contributed by atoms with van der Waals surface area (Å²) in [6.07, 6.45) is 2.92. The van der Waals surface area contributed by atoms with Gasteiger partial charge in [0, 0.05) is 36.3 Å². The molecule has 0 saturated carbocycles. The van der Waals surface area contributed by atoms with E-state index >= 15 is 0 Å². The Labute approximate surface area is 172 Å². The molecule has 1 aliphatic rings. The molecular formula is C21H33N5OS. The van der Waals surface area contributed by atoms with Gasteiger partial charge in [0.15, 0.2) is 5.13 Å². The van der Waals surface area contributed by atoms with Crippen molar-refractivity contribution >= 4 is 22.4 Å². The number of rotatable bonds is 7. The van der Waals surface area contributed by atoms with Gasteiger partial charge in [-0.25, -0.2) is 4.98 Å². The second-order valence-corrected chi connectivity index (χ2v) is 9.43. The number of nitrogens with one attached hydrogen (secondary N) is 1. The highest BCUT2D eigenvalue weighted by Crippen LogP contribution is 2.22. The lowest BCUT2D eigenvalue weighted by Crippen LogP contribution is -2.33. The van der Waals surface area contributed by atoms with Crippen LogP contribution in [0.3, 0.4) is 0 Å². The molecule has 0 spiro atoms. The Bertz CT molecular complexity index is 810. The van der Waals surface area contributed by atoms with Gasteiger partial charge in [-0.3, -0.25) is 14.4 Å². The van der Waals surface area contributed by atoms with E-state index in [2.05, 4.69) is 46.5 Å². The molecule has 6 nitrogen and oxygen atoms in total. The summed E-state index contributed by atoms with van der Waals surface area (Å²) in [5.74, 6) is 1.26. The van der Waals surface area contributed by atoms with E-state index < -0.39 is 0 Å². The van der Waals surface area contributed by atoms with Crippen molar-refractivity contribution in [2.24, 2.45) is 11.8 Å². The highest BCUT2D eigenvalue weighted by molar-refractivity contribution is 7.13. The molecule has 28 heavy (non-hydrogen) atoms. The van der Waals surface area contributed by atoms with E-state index in [0.717, 1.165) is 54.7 Å². The Morgan fingerprint density at radius 3 is 2.89 bits per heavy atom. The van der Waals surface area contributed by atoms with Gasteiger partial charge in [0.05, 0.1) is 17.8 Å². The van der Waals surface area contributed by atoms with Crippen molar-refractivity contribution in [1.82, 2.24) is 19.7 Å². The zero-order valence-electron chi connectivity index (χ0n) is 17.8. The Balaban J connectivity index is 1.57. The Kier molecular flexibility index (Phi) is 6.88. The molecule has 1 aliphatic heterocycles. The van der Waals surface area contributed by atoms with Crippen LogP contribution in [-0.4, -0.2) is 38.7 Å². The third kappa shape index (κ3) is 5.41. The number of piperidine rings is 1. The first kappa shape index (κ1) is 21.0. The molecule has 3 heterocycles. The van der Waals surface area contributed by atoms with E-state index in [-0.39, 0.29) is 5.91 Å². The van der Waals surface area contributed by atoms with Crippen molar-refractivity contribution in [2.45, 2.75) is 67.0 Å². The summed E-state index contributed by atoms with van der Waals surface area (Å²) in [6.45, 7) is 14.7. The van der Waals surface area contributed by atoms with Crippen molar-refractivity contribution in [3.8, 4) is 0 Å². The minimum absolute atomic E-state index is 0.0252. The van der Waals surface area contributed by atoms with Crippen LogP contribution in [0.1, 0.15) is 56.3 Å². The van der Waals surface area contributed by atoms with Gasteiger partial charge in [-0.2, -0.15) is 5.10 Å². The highest BCUT2D eigenvalue weighted by atomic mass is 32.1. The summed E-state index contributed by atoms with van der Waals surface area (Å²) in [4.78, 5) is 19.7. The van der Waals surface area contributed by atoms with Gasteiger partial charge >= 0.3 is 0 Å². The number of likely N-dealkylation sites (tertiary alicyclic amines) is 1. The maximum absolute atomic E-state index is 12.6. The number of aromatic nitrogens is 3. The van der Waals surface area contributed by atoms with E-state index in [0.29, 0.717) is 17.5 Å². The maximum atomic E-state index is 12.6. The van der Waals surface area contributed by atoms with Crippen LogP contribution in [0.2, 0.25) is 0 Å². The first-order chi connectivity index (χ1) is 13.3. The van der Waals surface area contributed by atoms with Crippen LogP contribution in [-0.2, 0) is 24.3 Å². The summed E-state index contributed by atoms with van der Waals surface area (Å²) in [6, 6.07) is 0. The minimum atomic E-state index is -0.0252. The number of thiazole rings is 1. The van der Waals surface area contributed by atoms with Gasteiger partial charge in [0.1, 0.15) is 0 Å². The Morgan fingerprint density at radius 2 is 2.18 bits per heavy atom. The molecule has 1 unspecified atom stereocenters. The van der Waals surface area contributed by atoms with E-state index in [1.54, 1.807) is 0 Å². The summed E-state index contributed by atoms with van der Waals surface area (Å²) in [5.41, 5.74) is 4.09. The predicted octanol–water partition coefficient (Wildman–Crippen LogP) is 4.03. The smallest absolute Gasteiger partial charge is 0.230 e. The second kappa shape index (κ2) is 9.18. The van der Waals surface area contributed by atoms with Crippen molar-refractivity contribution < 1.29 is 4.79 Å². The standard InChI is InChI=1S/C21H33N5OS/c1-14(2)10-26-17(5)19(16(4)24-26)9-20(27)23-21-22-18(13-28-21)12-25-8-6-7-15(3)11-25/h13-15H,6-12H2,1-5H3,(H,22,23,27). The summed E-state index contributed by atoms with van der Waals surface area (Å²) in [5, 5.41) is 10.3. The number of anilines is 1. The summed E-state index contributed by atoms with van der Waals surface area (Å²) < 4.78 is 2.02. The molecule has 0 bridgehead atoms. The molecule has 1 atom stereocenters. The van der Waals surface area contributed by atoms with Gasteiger partial charge < -0.3 is 5.32 Å². The fourth-order valence-electron chi connectivity index (χ4n) is 3.93. The number of carbonyl (C=O) groups is 1. The van der Waals surface area contributed by atoms with Crippen LogP contribution in [0.15, 0.2) is 5.38 Å². The van der Waals surface area contributed by atoms with Crippen molar-refractivity contribution in [3.05, 3.63) is 28.0 Å². The van der Waals surface area contributed by atoms with Crippen LogP contribution in [0.5, 0.6) is 0 Å². The predicted molar refractivity (Wildman–Crippen MR) is 115 cm³/mol. The number of amides is 1. The number of aryl methyl sites for hydroxylation is 1. The van der Waals surface area contributed by atoms with Crippen LogP contribution in [0.4, 0.5) is 5.13 Å². The molecule has 1 N–H and O–H groups in total. The first-order valence-corrected chi connectivity index (χ1v) is 11.2. The average Bonchev–Trinajstić information content (AvgIpc) is 3.14. The SMILES string of the molecule is Cc1nn(CC(C)C)c(C)c1CC(=O)Nc1nc(CN2CCCC(C)C2)cs1. The van der Waals surface area contributed by atoms with E-state index in [4.69, 9.17) is 0 Å². The number of hydrogen-bond acceptors (Lipinski definition) is 5. The lowest BCUT2D eigenvalue weighted by molar-refractivity contribution is -0.115. The largest absolute Gasteiger partial charge is 0.302 e. The molecule has 1 saturated heterocycles. The Morgan fingerprint density at radius 1 is 1.39 bits per heavy atom. The fraction of sp³-hybridized carbons (Fsp3) is 0.667. The number of nitrogens with zero attached hydrogens (tertiary/aromatic N) is 4. The molecular weight excluding hydrogens is 370 g/mol. The van der Waals surface area contributed by atoms with E-state index in [1.807, 2.05) is 18.5 Å². The van der Waals surface area contributed by atoms with Crippen LogP contribution in [0, 0.1) is 25.7 Å². The van der Waals surface area contributed by atoms with Gasteiger partial charge in [-0.05, 0) is 45.1 Å². The third-order valence-corrected chi connectivity index (χ3v) is 6.14. The summed E-state index contributed by atoms with van der Waals surface area (Å²) >= 11 is 1.51. The zero-order chi connectivity index (χ0) is 20.3. The van der Waals surface area contributed by atoms with E-state index in [1.165, 1.54) is 24.2 Å². The van der Waals surface area contributed by atoms with E-state index in [9.17, 15) is 4.79 Å². The quantitative estimate of drug-likeness (QED) is 0.758. The monoisotopic (exact) mass is 403 g/mol. The maximum Gasteiger partial charge on any atom is 0.230 e. The normalized spacial score (nSPS) is 18.0. The summed E-state index contributed by atoms with van der Waals surface area (Å²) in [7, 11) is 0. The molecule has 0 aliphatic carbocycles. The molecule has 0 aromatic carbocycles. The first-order valence-electron chi connectivity index (χ1n) is 10.3. The average molecular weight is 404 g/mol. The number of hydrogen-bond donors (Lipinski definition) is 1. The van der Waals surface area contributed by atoms with Crippen LogP contribution >= 0.6 is 11.3 Å². The Hall–Kier alpha value is -1.73. The molecule has 2 aromatic heterocycles. The second-order valence-electron chi connectivity index (χ2n) is 8.58. The lowest BCUT2D eigenvalue weighted by Gasteiger charge is -2.30. The van der Waals surface area contributed by atoms with Crippen molar-refractivity contribution in [1.29, 1.82) is 0 Å². The lowest BCUT2D eigenvalue weighted by atomic mass is 10.0. The van der Waals surface area contributed by atoms with Gasteiger partial charge in [-0.1, -0.05) is 20.8 Å². The molecule has 1 fully saturated rings. The molecule has 2 aromatic rings.